The minimum absolute atomic E-state index is 0. The zero-order valence-corrected chi connectivity index (χ0v) is 17.3. The van der Waals surface area contributed by atoms with Gasteiger partial charge in [-0.25, -0.2) is 4.98 Å². The molecule has 0 saturated carbocycles. The van der Waals surface area contributed by atoms with Crippen LogP contribution in [0.4, 0.5) is 0 Å². The number of aromatic nitrogens is 4. The summed E-state index contributed by atoms with van der Waals surface area (Å²) in [6, 6.07) is 10.8. The molecule has 4 rings (SSSR count). The zero-order chi connectivity index (χ0) is 18.6. The van der Waals surface area contributed by atoms with Crippen LogP contribution in [0.5, 0.6) is 0 Å². The first-order chi connectivity index (χ1) is 13.2. The van der Waals surface area contributed by atoms with E-state index in [1.165, 1.54) is 11.3 Å². The molecule has 0 spiro atoms. The largest absolute Gasteiger partial charge is 0.379 e. The van der Waals surface area contributed by atoms with E-state index in [1.807, 2.05) is 24.8 Å². The normalized spacial score (nSPS) is 15.9. The Hall–Kier alpha value is -2.15. The molecule has 3 heterocycles. The number of halogens is 1. The van der Waals surface area contributed by atoms with Gasteiger partial charge in [0.2, 0.25) is 0 Å². The summed E-state index contributed by atoms with van der Waals surface area (Å²) in [6.07, 6.45) is 5.86. The second-order valence-electron chi connectivity index (χ2n) is 7.24. The van der Waals surface area contributed by atoms with E-state index in [0.717, 1.165) is 50.7 Å². The van der Waals surface area contributed by atoms with E-state index in [2.05, 4.69) is 62.3 Å². The Morgan fingerprint density at radius 2 is 1.86 bits per heavy atom. The highest BCUT2D eigenvalue weighted by Gasteiger charge is 2.19. The van der Waals surface area contributed by atoms with Crippen LogP contribution >= 0.6 is 12.4 Å². The third-order valence-electron chi connectivity index (χ3n) is 5.32. The summed E-state index contributed by atoms with van der Waals surface area (Å²) in [5.74, 6) is 0. The van der Waals surface area contributed by atoms with Crippen LogP contribution in [-0.4, -0.2) is 57.1 Å². The second-order valence-corrected chi connectivity index (χ2v) is 7.24. The first-order valence-corrected chi connectivity index (χ1v) is 9.61. The van der Waals surface area contributed by atoms with Crippen molar-refractivity contribution < 1.29 is 4.74 Å². The molecule has 0 amide bonds. The van der Waals surface area contributed by atoms with Gasteiger partial charge in [-0.2, -0.15) is 5.10 Å². The lowest BCUT2D eigenvalue weighted by molar-refractivity contribution is 0.0326. The summed E-state index contributed by atoms with van der Waals surface area (Å²) >= 11 is 0. The van der Waals surface area contributed by atoms with Crippen molar-refractivity contribution in [3.8, 4) is 11.3 Å². The van der Waals surface area contributed by atoms with E-state index in [1.54, 1.807) is 0 Å². The fourth-order valence-electron chi connectivity index (χ4n) is 3.72. The second kappa shape index (κ2) is 9.37. The Morgan fingerprint density at radius 3 is 2.61 bits per heavy atom. The van der Waals surface area contributed by atoms with Crippen LogP contribution in [0.25, 0.3) is 11.3 Å². The van der Waals surface area contributed by atoms with Crippen molar-refractivity contribution in [1.82, 2.24) is 24.2 Å². The molecule has 150 valence electrons. The van der Waals surface area contributed by atoms with Crippen molar-refractivity contribution in [3.63, 3.8) is 0 Å². The first kappa shape index (κ1) is 20.6. The van der Waals surface area contributed by atoms with Crippen LogP contribution in [0.2, 0.25) is 0 Å². The van der Waals surface area contributed by atoms with Crippen molar-refractivity contribution in [2.24, 2.45) is 0 Å². The van der Waals surface area contributed by atoms with Gasteiger partial charge < -0.3 is 9.30 Å². The van der Waals surface area contributed by atoms with Gasteiger partial charge in [-0.15, -0.1) is 12.4 Å². The molecule has 0 aliphatic carbocycles. The van der Waals surface area contributed by atoms with Gasteiger partial charge in [0.25, 0.3) is 0 Å². The lowest BCUT2D eigenvalue weighted by Crippen LogP contribution is -2.39. The van der Waals surface area contributed by atoms with Crippen LogP contribution in [-0.2, 0) is 11.3 Å². The summed E-state index contributed by atoms with van der Waals surface area (Å²) in [7, 11) is 0. The number of hydrogen-bond acceptors (Lipinski definition) is 4. The average molecular weight is 402 g/mol. The van der Waals surface area contributed by atoms with E-state index in [-0.39, 0.29) is 12.4 Å². The molecule has 1 unspecified atom stereocenters. The molecule has 0 bridgehead atoms. The summed E-state index contributed by atoms with van der Waals surface area (Å²) in [5.41, 5.74) is 4.70. The molecule has 3 aromatic rings. The van der Waals surface area contributed by atoms with Gasteiger partial charge >= 0.3 is 0 Å². The maximum Gasteiger partial charge on any atom is 0.0953 e. The van der Waals surface area contributed by atoms with E-state index < -0.39 is 0 Å². The number of benzene rings is 1. The molecule has 0 radical (unpaired) electrons. The third-order valence-corrected chi connectivity index (χ3v) is 5.32. The average Bonchev–Trinajstić information content (AvgIpc) is 3.31. The Morgan fingerprint density at radius 1 is 1.11 bits per heavy atom. The maximum absolute atomic E-state index is 5.46. The van der Waals surface area contributed by atoms with Gasteiger partial charge in [-0.3, -0.25) is 9.58 Å². The molecule has 7 heteroatoms. The summed E-state index contributed by atoms with van der Waals surface area (Å²) in [6.45, 7) is 9.84. The van der Waals surface area contributed by atoms with Gasteiger partial charge in [0, 0.05) is 36.9 Å². The number of morpholine rings is 1. The van der Waals surface area contributed by atoms with Gasteiger partial charge in [-0.1, -0.05) is 30.3 Å². The molecule has 1 atom stereocenters. The van der Waals surface area contributed by atoms with Gasteiger partial charge in [-0.05, 0) is 19.4 Å². The molecular formula is C21H28ClN5O. The lowest BCUT2D eigenvalue weighted by Gasteiger charge is -2.30. The molecule has 1 aromatic carbocycles. The van der Waals surface area contributed by atoms with E-state index >= 15 is 0 Å². The maximum atomic E-state index is 5.46. The van der Waals surface area contributed by atoms with Crippen LogP contribution < -0.4 is 0 Å². The standard InChI is InChI=1S/C21H27N5O.ClH/c1-17(14-24-8-10-27-11-9-24)25-16-22-13-21(25)20-12-23-26(18(20)2)15-19-6-4-3-5-7-19;/h3-7,12-13,16-17H,8-11,14-15H2,1-2H3;1H. The number of nitrogens with zero attached hydrogens (tertiary/aromatic N) is 5. The highest BCUT2D eigenvalue weighted by atomic mass is 35.5. The van der Waals surface area contributed by atoms with Crippen molar-refractivity contribution in [2.45, 2.75) is 26.4 Å². The predicted molar refractivity (Wildman–Crippen MR) is 113 cm³/mol. The van der Waals surface area contributed by atoms with Crippen LogP contribution in [0.3, 0.4) is 0 Å². The van der Waals surface area contributed by atoms with Crippen LogP contribution in [0.1, 0.15) is 24.2 Å². The first-order valence-electron chi connectivity index (χ1n) is 9.61. The minimum Gasteiger partial charge on any atom is -0.379 e. The summed E-state index contributed by atoms with van der Waals surface area (Å²) in [4.78, 5) is 6.89. The van der Waals surface area contributed by atoms with E-state index in [9.17, 15) is 0 Å². The predicted octanol–water partition coefficient (Wildman–Crippen LogP) is 3.42. The molecule has 1 fully saturated rings. The Kier molecular flexibility index (Phi) is 6.88. The monoisotopic (exact) mass is 401 g/mol. The number of hydrogen-bond donors (Lipinski definition) is 0. The molecule has 1 aliphatic rings. The Bertz CT molecular complexity index is 870. The molecule has 1 saturated heterocycles. The van der Waals surface area contributed by atoms with Crippen molar-refractivity contribution >= 4 is 12.4 Å². The van der Waals surface area contributed by atoms with Crippen molar-refractivity contribution in [2.75, 3.05) is 32.8 Å². The lowest BCUT2D eigenvalue weighted by atomic mass is 10.1. The summed E-state index contributed by atoms with van der Waals surface area (Å²) in [5, 5.41) is 4.63. The highest BCUT2D eigenvalue weighted by Crippen LogP contribution is 2.26. The quantitative estimate of drug-likeness (QED) is 0.635. The van der Waals surface area contributed by atoms with Crippen molar-refractivity contribution in [1.29, 1.82) is 0 Å². The molecular weight excluding hydrogens is 374 g/mol. The third kappa shape index (κ3) is 4.46. The highest BCUT2D eigenvalue weighted by molar-refractivity contribution is 5.85. The number of ether oxygens (including phenoxy) is 1. The van der Waals surface area contributed by atoms with Crippen molar-refractivity contribution in [3.05, 3.63) is 60.3 Å². The fourth-order valence-corrected chi connectivity index (χ4v) is 3.72. The van der Waals surface area contributed by atoms with E-state index in [4.69, 9.17) is 4.74 Å². The zero-order valence-electron chi connectivity index (χ0n) is 16.5. The fraction of sp³-hybridized carbons (Fsp3) is 0.429. The molecule has 0 N–H and O–H groups in total. The number of rotatable bonds is 6. The molecule has 1 aliphatic heterocycles. The number of imidazole rings is 1. The van der Waals surface area contributed by atoms with Crippen LogP contribution in [0.15, 0.2) is 49.1 Å². The van der Waals surface area contributed by atoms with Gasteiger partial charge in [0.05, 0.1) is 44.2 Å². The smallest absolute Gasteiger partial charge is 0.0953 e. The van der Waals surface area contributed by atoms with Crippen LogP contribution in [0, 0.1) is 6.92 Å². The molecule has 6 nitrogen and oxygen atoms in total. The van der Waals surface area contributed by atoms with Gasteiger partial charge in [0.1, 0.15) is 0 Å². The molecule has 28 heavy (non-hydrogen) atoms. The Labute approximate surface area is 172 Å². The van der Waals surface area contributed by atoms with E-state index in [0.29, 0.717) is 6.04 Å². The minimum atomic E-state index is 0. The Balaban J connectivity index is 0.00000225. The topological polar surface area (TPSA) is 48.1 Å². The SMILES string of the molecule is Cc1c(-c2cncn2C(C)CN2CCOCC2)cnn1Cc1ccccc1.Cl. The van der Waals surface area contributed by atoms with Gasteiger partial charge in [0.15, 0.2) is 0 Å². The molecule has 2 aromatic heterocycles. The summed E-state index contributed by atoms with van der Waals surface area (Å²) < 4.78 is 9.79.